The van der Waals surface area contributed by atoms with Gasteiger partial charge in [-0.2, -0.15) is 0 Å². The zero-order valence-electron chi connectivity index (χ0n) is 16.6. The van der Waals surface area contributed by atoms with Crippen molar-refractivity contribution in [1.29, 1.82) is 0 Å². The fraction of sp³-hybridized carbons (Fsp3) is 0.280. The van der Waals surface area contributed by atoms with Gasteiger partial charge in [0.2, 0.25) is 6.29 Å². The van der Waals surface area contributed by atoms with Gasteiger partial charge in [-0.1, -0.05) is 93.6 Å². The highest BCUT2D eigenvalue weighted by Gasteiger charge is 2.12. The van der Waals surface area contributed by atoms with Crippen LogP contribution in [0, 0.1) is 0 Å². The Bertz CT molecular complexity index is 736. The van der Waals surface area contributed by atoms with E-state index in [1.807, 2.05) is 62.4 Å². The molecule has 1 atom stereocenters. The SMILES string of the molecule is CC.CCc1ccc(OC(Cc2ccccc2)OCc2ccccc2)cc1. The van der Waals surface area contributed by atoms with Gasteiger partial charge in [0.1, 0.15) is 5.75 Å². The van der Waals surface area contributed by atoms with E-state index in [0.717, 1.165) is 17.7 Å². The van der Waals surface area contributed by atoms with Crippen LogP contribution in [0.2, 0.25) is 0 Å². The first kappa shape index (κ1) is 20.7. The van der Waals surface area contributed by atoms with E-state index in [4.69, 9.17) is 9.47 Å². The summed E-state index contributed by atoms with van der Waals surface area (Å²) in [6.45, 7) is 6.68. The Morgan fingerprint density at radius 2 is 1.22 bits per heavy atom. The van der Waals surface area contributed by atoms with Gasteiger partial charge in [-0.05, 0) is 35.2 Å². The first-order chi connectivity index (χ1) is 13.3. The normalized spacial score (nSPS) is 11.2. The molecule has 0 aliphatic carbocycles. The third kappa shape index (κ3) is 7.28. The van der Waals surface area contributed by atoms with Gasteiger partial charge in [-0.25, -0.2) is 0 Å². The van der Waals surface area contributed by atoms with Crippen molar-refractivity contribution in [3.63, 3.8) is 0 Å². The summed E-state index contributed by atoms with van der Waals surface area (Å²) in [5.74, 6) is 0.839. The van der Waals surface area contributed by atoms with Crippen molar-refractivity contribution in [3.05, 3.63) is 102 Å². The van der Waals surface area contributed by atoms with Crippen molar-refractivity contribution in [2.75, 3.05) is 0 Å². The largest absolute Gasteiger partial charge is 0.465 e. The number of hydrogen-bond acceptors (Lipinski definition) is 2. The van der Waals surface area contributed by atoms with Crippen molar-refractivity contribution in [2.45, 2.75) is 46.5 Å². The monoisotopic (exact) mass is 362 g/mol. The Morgan fingerprint density at radius 1 is 0.667 bits per heavy atom. The summed E-state index contributed by atoms with van der Waals surface area (Å²) in [6.07, 6.45) is 1.41. The fourth-order valence-corrected chi connectivity index (χ4v) is 2.66. The molecule has 0 spiro atoms. The lowest BCUT2D eigenvalue weighted by Crippen LogP contribution is -2.23. The molecule has 27 heavy (non-hydrogen) atoms. The highest BCUT2D eigenvalue weighted by Crippen LogP contribution is 2.18. The number of rotatable bonds is 8. The van der Waals surface area contributed by atoms with Crippen LogP contribution in [0.3, 0.4) is 0 Å². The van der Waals surface area contributed by atoms with Gasteiger partial charge in [0.15, 0.2) is 0 Å². The van der Waals surface area contributed by atoms with Crippen LogP contribution in [-0.4, -0.2) is 6.29 Å². The molecule has 0 saturated carbocycles. The highest BCUT2D eigenvalue weighted by atomic mass is 16.7. The lowest BCUT2D eigenvalue weighted by molar-refractivity contribution is -0.0880. The minimum atomic E-state index is -0.324. The van der Waals surface area contributed by atoms with Crippen molar-refractivity contribution in [3.8, 4) is 5.75 Å². The highest BCUT2D eigenvalue weighted by molar-refractivity contribution is 5.27. The molecule has 1 unspecified atom stereocenters. The van der Waals surface area contributed by atoms with Crippen LogP contribution >= 0.6 is 0 Å². The minimum Gasteiger partial charge on any atom is -0.465 e. The van der Waals surface area contributed by atoms with E-state index in [2.05, 4.69) is 43.3 Å². The molecule has 0 bridgehead atoms. The van der Waals surface area contributed by atoms with Crippen molar-refractivity contribution in [2.24, 2.45) is 0 Å². The first-order valence-corrected chi connectivity index (χ1v) is 9.78. The quantitative estimate of drug-likeness (QED) is 0.429. The summed E-state index contributed by atoms with van der Waals surface area (Å²) in [4.78, 5) is 0. The average molecular weight is 363 g/mol. The Hall–Kier alpha value is -2.58. The van der Waals surface area contributed by atoms with Crippen LogP contribution < -0.4 is 4.74 Å². The molecule has 0 amide bonds. The molecule has 0 heterocycles. The van der Waals surface area contributed by atoms with Gasteiger partial charge in [0, 0.05) is 6.42 Å². The first-order valence-electron chi connectivity index (χ1n) is 9.78. The lowest BCUT2D eigenvalue weighted by Gasteiger charge is -2.20. The average Bonchev–Trinajstić information content (AvgIpc) is 2.75. The Balaban J connectivity index is 0.00000126. The van der Waals surface area contributed by atoms with E-state index in [0.29, 0.717) is 13.0 Å². The maximum absolute atomic E-state index is 6.12. The predicted octanol–water partition coefficient (Wildman–Crippen LogP) is 6.44. The van der Waals surface area contributed by atoms with Crippen LogP contribution in [-0.2, 0) is 24.2 Å². The third-order valence-corrected chi connectivity index (χ3v) is 4.12. The number of benzene rings is 3. The van der Waals surface area contributed by atoms with E-state index in [1.54, 1.807) is 0 Å². The predicted molar refractivity (Wildman–Crippen MR) is 113 cm³/mol. The second-order valence-corrected chi connectivity index (χ2v) is 6.03. The van der Waals surface area contributed by atoms with E-state index in [1.165, 1.54) is 11.1 Å². The van der Waals surface area contributed by atoms with E-state index in [-0.39, 0.29) is 6.29 Å². The second-order valence-electron chi connectivity index (χ2n) is 6.03. The summed E-state index contributed by atoms with van der Waals surface area (Å²) in [6, 6.07) is 28.7. The molecule has 3 aromatic rings. The summed E-state index contributed by atoms with van der Waals surface area (Å²) in [5, 5.41) is 0. The summed E-state index contributed by atoms with van der Waals surface area (Å²) < 4.78 is 12.2. The Kier molecular flexibility index (Phi) is 9.15. The van der Waals surface area contributed by atoms with Crippen molar-refractivity contribution >= 4 is 0 Å². The minimum absolute atomic E-state index is 0.324. The maximum Gasteiger partial charge on any atom is 0.204 e. The molecule has 0 aliphatic rings. The van der Waals surface area contributed by atoms with Gasteiger partial charge in [-0.3, -0.25) is 0 Å². The molecule has 0 aromatic heterocycles. The van der Waals surface area contributed by atoms with Crippen molar-refractivity contribution < 1.29 is 9.47 Å². The molecule has 0 aliphatic heterocycles. The van der Waals surface area contributed by atoms with Crippen LogP contribution in [0.5, 0.6) is 5.75 Å². The van der Waals surface area contributed by atoms with Crippen LogP contribution in [0.15, 0.2) is 84.9 Å². The van der Waals surface area contributed by atoms with Gasteiger partial charge in [0.05, 0.1) is 6.61 Å². The maximum atomic E-state index is 6.12. The molecule has 3 aromatic carbocycles. The van der Waals surface area contributed by atoms with Crippen molar-refractivity contribution in [1.82, 2.24) is 0 Å². The third-order valence-electron chi connectivity index (χ3n) is 4.12. The van der Waals surface area contributed by atoms with E-state index >= 15 is 0 Å². The van der Waals surface area contributed by atoms with Crippen LogP contribution in [0.4, 0.5) is 0 Å². The number of aryl methyl sites for hydroxylation is 1. The molecule has 142 valence electrons. The molecular formula is C25H30O2. The Morgan fingerprint density at radius 3 is 1.78 bits per heavy atom. The van der Waals surface area contributed by atoms with E-state index in [9.17, 15) is 0 Å². The summed E-state index contributed by atoms with van der Waals surface area (Å²) in [7, 11) is 0. The molecule has 2 nitrogen and oxygen atoms in total. The molecule has 0 radical (unpaired) electrons. The topological polar surface area (TPSA) is 18.5 Å². The van der Waals surface area contributed by atoms with E-state index < -0.39 is 0 Å². The summed E-state index contributed by atoms with van der Waals surface area (Å²) >= 11 is 0. The smallest absolute Gasteiger partial charge is 0.204 e. The Labute approximate surface area is 163 Å². The zero-order valence-corrected chi connectivity index (χ0v) is 16.6. The van der Waals surface area contributed by atoms with Crippen LogP contribution in [0.1, 0.15) is 37.5 Å². The van der Waals surface area contributed by atoms with Gasteiger partial charge in [-0.15, -0.1) is 0 Å². The molecule has 0 fully saturated rings. The zero-order chi connectivity index (χ0) is 19.3. The molecule has 0 saturated heterocycles. The number of ether oxygens (including phenoxy) is 2. The second kappa shape index (κ2) is 11.9. The fourth-order valence-electron chi connectivity index (χ4n) is 2.66. The van der Waals surface area contributed by atoms with Crippen LogP contribution in [0.25, 0.3) is 0 Å². The molecular weight excluding hydrogens is 332 g/mol. The summed E-state index contributed by atoms with van der Waals surface area (Å²) in [5.41, 5.74) is 3.65. The molecule has 2 heteroatoms. The van der Waals surface area contributed by atoms with Gasteiger partial charge >= 0.3 is 0 Å². The van der Waals surface area contributed by atoms with Gasteiger partial charge in [0.25, 0.3) is 0 Å². The standard InChI is InChI=1S/C23H24O2.C2H6/c1-2-19-13-15-22(16-14-19)25-23(17-20-9-5-3-6-10-20)24-18-21-11-7-4-8-12-21;1-2/h3-16,23H,2,17-18H2,1H3;1-2H3. The molecule has 3 rings (SSSR count). The lowest BCUT2D eigenvalue weighted by atomic mass is 10.1. The number of hydrogen-bond donors (Lipinski definition) is 0. The van der Waals surface area contributed by atoms with Gasteiger partial charge < -0.3 is 9.47 Å². The molecule has 0 N–H and O–H groups in total.